The summed E-state index contributed by atoms with van der Waals surface area (Å²) in [5.74, 6) is -0.565. The number of aromatic nitrogens is 3. The molecule has 0 spiro atoms. The number of halogens is 2. The summed E-state index contributed by atoms with van der Waals surface area (Å²) in [4.78, 5) is 15.8. The zero-order chi connectivity index (χ0) is 27.9. The zero-order valence-electron chi connectivity index (χ0n) is 20.3. The van der Waals surface area contributed by atoms with Gasteiger partial charge in [-0.1, -0.05) is 57.0 Å². The number of fused-ring (bicyclic) bond motifs is 1. The molecule has 0 aliphatic carbocycles. The summed E-state index contributed by atoms with van der Waals surface area (Å²) in [6.45, 7) is 2.58. The van der Waals surface area contributed by atoms with E-state index < -0.39 is 41.2 Å². The number of anilines is 2. The van der Waals surface area contributed by atoms with Crippen LogP contribution in [0.3, 0.4) is 0 Å². The number of nitrogen functional groups attached to an aromatic ring is 2. The van der Waals surface area contributed by atoms with Crippen molar-refractivity contribution in [2.24, 2.45) is 5.92 Å². The first kappa shape index (κ1) is 28.5. The van der Waals surface area contributed by atoms with Crippen LogP contribution in [0.25, 0.3) is 5.52 Å². The van der Waals surface area contributed by atoms with E-state index >= 15 is 0 Å². The predicted octanol–water partition coefficient (Wildman–Crippen LogP) is 3.37. The first-order chi connectivity index (χ1) is 17.8. The van der Waals surface area contributed by atoms with E-state index in [0.717, 1.165) is 0 Å². The SMILES string of the molecule is CC(=O)[C@H](C)CP(=O)(OC[C@H]1O[C@@](C#N)(c2ccc3c(N)nc(N)nn23)C(Br)(Br)[C@H]1O)Oc1ccccc1. The molecule has 3 aromatic rings. The van der Waals surface area contributed by atoms with E-state index in [2.05, 4.69) is 48.0 Å². The number of carbonyl (C=O) groups is 1. The molecule has 1 unspecified atom stereocenters. The van der Waals surface area contributed by atoms with Gasteiger partial charge in [0.2, 0.25) is 11.5 Å². The number of aliphatic hydroxyl groups is 1. The minimum Gasteiger partial charge on any atom is -0.424 e. The highest BCUT2D eigenvalue weighted by atomic mass is 79.9. The lowest BCUT2D eigenvalue weighted by Crippen LogP contribution is -2.45. The molecular formula is C23H25Br2N6O6P. The van der Waals surface area contributed by atoms with Crippen LogP contribution in [0, 0.1) is 17.2 Å². The van der Waals surface area contributed by atoms with E-state index in [-0.39, 0.29) is 35.2 Å². The third-order valence-electron chi connectivity index (χ3n) is 6.21. The number of benzene rings is 1. The van der Waals surface area contributed by atoms with Gasteiger partial charge in [0.05, 0.1) is 18.5 Å². The molecule has 1 aliphatic heterocycles. The summed E-state index contributed by atoms with van der Waals surface area (Å²) >= 11 is 6.82. The average Bonchev–Trinajstić information content (AvgIpc) is 3.36. The second kappa shape index (κ2) is 10.6. The average molecular weight is 672 g/mol. The lowest BCUT2D eigenvalue weighted by atomic mass is 9.95. The second-order valence-electron chi connectivity index (χ2n) is 8.89. The van der Waals surface area contributed by atoms with Crippen molar-refractivity contribution < 1.29 is 28.3 Å². The molecule has 202 valence electrons. The number of rotatable bonds is 9. The number of ether oxygens (including phenoxy) is 1. The highest BCUT2D eigenvalue weighted by Crippen LogP contribution is 2.57. The molecule has 1 saturated heterocycles. The Labute approximate surface area is 235 Å². The van der Waals surface area contributed by atoms with Gasteiger partial charge in [0.25, 0.3) is 0 Å². The maximum atomic E-state index is 13.8. The van der Waals surface area contributed by atoms with Crippen molar-refractivity contribution in [3.63, 3.8) is 0 Å². The molecule has 5 N–H and O–H groups in total. The molecule has 4 rings (SSSR count). The normalized spacial score (nSPS) is 24.9. The van der Waals surface area contributed by atoms with Gasteiger partial charge < -0.3 is 25.8 Å². The maximum absolute atomic E-state index is 13.8. The van der Waals surface area contributed by atoms with E-state index in [0.29, 0.717) is 5.52 Å². The number of hydrogen-bond acceptors (Lipinski definition) is 11. The largest absolute Gasteiger partial charge is 0.424 e. The van der Waals surface area contributed by atoms with Gasteiger partial charge >= 0.3 is 7.60 Å². The Morgan fingerprint density at radius 3 is 2.63 bits per heavy atom. The van der Waals surface area contributed by atoms with Crippen LogP contribution in [0.15, 0.2) is 42.5 Å². The minimum atomic E-state index is -3.92. The third-order valence-corrected chi connectivity index (χ3v) is 10.3. The van der Waals surface area contributed by atoms with E-state index in [1.165, 1.54) is 11.4 Å². The summed E-state index contributed by atoms with van der Waals surface area (Å²) in [5, 5.41) is 25.7. The Hall–Kier alpha value is -2.53. The van der Waals surface area contributed by atoms with Crippen molar-refractivity contribution >= 4 is 62.5 Å². The van der Waals surface area contributed by atoms with Crippen LogP contribution < -0.4 is 16.0 Å². The van der Waals surface area contributed by atoms with E-state index in [9.17, 15) is 19.7 Å². The highest BCUT2D eigenvalue weighted by molar-refractivity contribution is 9.25. The number of Topliss-reactive ketones (excluding diaryl/α,β-unsaturated/α-hetero) is 1. The van der Waals surface area contributed by atoms with Crippen LogP contribution in [-0.2, 0) is 24.2 Å². The maximum Gasteiger partial charge on any atom is 0.379 e. The molecule has 38 heavy (non-hydrogen) atoms. The van der Waals surface area contributed by atoms with Gasteiger partial charge in [0, 0.05) is 5.92 Å². The fraction of sp³-hybridized carbons (Fsp3) is 0.391. The summed E-state index contributed by atoms with van der Waals surface area (Å²) in [7, 11) is -3.92. The number of aliphatic hydroxyl groups excluding tert-OH is 1. The molecule has 0 bridgehead atoms. The Kier molecular flexibility index (Phi) is 7.91. The number of nitriles is 1. The van der Waals surface area contributed by atoms with Gasteiger partial charge in [-0.2, -0.15) is 10.2 Å². The lowest BCUT2D eigenvalue weighted by Gasteiger charge is -2.31. The van der Waals surface area contributed by atoms with E-state index in [4.69, 9.17) is 25.3 Å². The quantitative estimate of drug-likeness (QED) is 0.223. The first-order valence-corrected chi connectivity index (χ1v) is 14.7. The topological polar surface area (TPSA) is 188 Å². The number of alkyl halides is 2. The van der Waals surface area contributed by atoms with E-state index in [1.54, 1.807) is 49.4 Å². The van der Waals surface area contributed by atoms with Crippen molar-refractivity contribution in [3.8, 4) is 11.8 Å². The molecule has 0 amide bonds. The van der Waals surface area contributed by atoms with Crippen LogP contribution in [0.2, 0.25) is 0 Å². The number of carbonyl (C=O) groups excluding carboxylic acids is 1. The van der Waals surface area contributed by atoms with Crippen molar-refractivity contribution in [3.05, 3.63) is 48.2 Å². The van der Waals surface area contributed by atoms with Crippen molar-refractivity contribution in [1.82, 2.24) is 14.6 Å². The smallest absolute Gasteiger partial charge is 0.379 e. The molecule has 15 heteroatoms. The Bertz CT molecular complexity index is 1450. The Balaban J connectivity index is 1.66. The van der Waals surface area contributed by atoms with Gasteiger partial charge in [-0.25, -0.2) is 9.08 Å². The summed E-state index contributed by atoms with van der Waals surface area (Å²) in [6, 6.07) is 13.6. The van der Waals surface area contributed by atoms with Crippen LogP contribution in [0.5, 0.6) is 5.75 Å². The number of hydrogen-bond donors (Lipinski definition) is 3. The number of nitrogens with zero attached hydrogens (tertiary/aromatic N) is 4. The van der Waals surface area contributed by atoms with Crippen LogP contribution >= 0.6 is 39.5 Å². The van der Waals surface area contributed by atoms with Gasteiger partial charge in [0.1, 0.15) is 35.3 Å². The van der Waals surface area contributed by atoms with Crippen LogP contribution in [0.1, 0.15) is 19.5 Å². The minimum absolute atomic E-state index is 0.0867. The molecule has 1 fully saturated rings. The standard InChI is InChI=1S/C23H25Br2N6O6P/c1-13(14(2)32)11-38(34,37-15-6-4-3-5-7-15)35-10-17-19(33)23(24,25)22(12-26,36-17)18-9-8-16-20(27)29-21(28)30-31(16)18/h3-9,13,17,19,33H,10-11H2,1-2H3,(H4,27,28,29,30)/t13-,17-,19+,22+,38?/m1/s1. The monoisotopic (exact) mass is 670 g/mol. The van der Waals surface area contributed by atoms with Gasteiger partial charge in [-0.3, -0.25) is 9.32 Å². The molecule has 1 aromatic carbocycles. The molecular weight excluding hydrogens is 647 g/mol. The highest BCUT2D eigenvalue weighted by Gasteiger charge is 2.66. The second-order valence-corrected chi connectivity index (χ2v) is 14.5. The van der Waals surface area contributed by atoms with Gasteiger partial charge in [-0.15, -0.1) is 5.10 Å². The van der Waals surface area contributed by atoms with Crippen LogP contribution in [0.4, 0.5) is 11.8 Å². The van der Waals surface area contributed by atoms with E-state index in [1.807, 2.05) is 0 Å². The number of para-hydroxylation sites is 1. The molecule has 0 saturated carbocycles. The summed E-state index contributed by atoms with van der Waals surface area (Å²) in [5.41, 5.74) is 10.4. The number of ketones is 1. The molecule has 0 radical (unpaired) electrons. The summed E-state index contributed by atoms with van der Waals surface area (Å²) < 4.78 is 31.1. The van der Waals surface area contributed by atoms with Gasteiger partial charge in [-0.05, 0) is 31.2 Å². The molecule has 12 nitrogen and oxygen atoms in total. The van der Waals surface area contributed by atoms with Crippen LogP contribution in [-0.4, -0.2) is 53.7 Å². The molecule has 5 atom stereocenters. The molecule has 2 aromatic heterocycles. The Morgan fingerprint density at radius 1 is 1.32 bits per heavy atom. The first-order valence-electron chi connectivity index (χ1n) is 11.4. The van der Waals surface area contributed by atoms with Crippen molar-refractivity contribution in [1.29, 1.82) is 5.26 Å². The van der Waals surface area contributed by atoms with Crippen molar-refractivity contribution in [2.75, 3.05) is 24.2 Å². The van der Waals surface area contributed by atoms with Gasteiger partial charge in [0.15, 0.2) is 9.05 Å². The Morgan fingerprint density at radius 2 is 2.00 bits per heavy atom. The third kappa shape index (κ3) is 5.06. The summed E-state index contributed by atoms with van der Waals surface area (Å²) in [6.07, 6.45) is -2.76. The van der Waals surface area contributed by atoms with Crippen molar-refractivity contribution in [2.45, 2.75) is 34.9 Å². The fourth-order valence-electron chi connectivity index (χ4n) is 4.04. The predicted molar refractivity (Wildman–Crippen MR) is 146 cm³/mol. The lowest BCUT2D eigenvalue weighted by molar-refractivity contribution is -0.119. The fourth-order valence-corrected chi connectivity index (χ4v) is 7.38. The molecule has 3 heterocycles. The zero-order valence-corrected chi connectivity index (χ0v) is 24.4. The number of nitrogens with two attached hydrogens (primary N) is 2. The molecule has 1 aliphatic rings.